The summed E-state index contributed by atoms with van der Waals surface area (Å²) in [6.07, 6.45) is -0.892. The average molecular weight is 231 g/mol. The van der Waals surface area contributed by atoms with Crippen molar-refractivity contribution >= 4 is 28.7 Å². The molecule has 1 rings (SSSR count). The number of amides is 1. The molecular formula is C7H9N3O4S. The van der Waals surface area contributed by atoms with E-state index in [-0.39, 0.29) is 24.0 Å². The van der Waals surface area contributed by atoms with Crippen molar-refractivity contribution in [1.82, 2.24) is 9.36 Å². The molecular weight excluding hydrogens is 222 g/mol. The van der Waals surface area contributed by atoms with Gasteiger partial charge in [-0.1, -0.05) is 0 Å². The molecule has 1 amide bonds. The average Bonchev–Trinajstić information content (AvgIpc) is 2.51. The summed E-state index contributed by atoms with van der Waals surface area (Å²) in [7, 11) is 0. The normalized spacial score (nSPS) is 9.67. The number of carboxylic acid groups (broad SMARTS) is 1. The molecule has 0 aliphatic heterocycles. The predicted octanol–water partition coefficient (Wildman–Crippen LogP) is 0.734. The van der Waals surface area contributed by atoms with Gasteiger partial charge in [0.1, 0.15) is 6.42 Å². The molecule has 7 nitrogen and oxygen atoms in total. The van der Waals surface area contributed by atoms with E-state index in [1.165, 1.54) is 0 Å². The van der Waals surface area contributed by atoms with Crippen molar-refractivity contribution in [2.75, 3.05) is 11.9 Å². The van der Waals surface area contributed by atoms with Gasteiger partial charge in [-0.05, 0) is 6.92 Å². The van der Waals surface area contributed by atoms with Gasteiger partial charge in [0.05, 0.1) is 6.61 Å². The zero-order valence-corrected chi connectivity index (χ0v) is 8.71. The number of anilines is 1. The van der Waals surface area contributed by atoms with Gasteiger partial charge in [-0.25, -0.2) is 9.78 Å². The van der Waals surface area contributed by atoms with Gasteiger partial charge < -0.3 is 9.84 Å². The van der Waals surface area contributed by atoms with E-state index in [4.69, 9.17) is 5.11 Å². The second kappa shape index (κ2) is 5.25. The van der Waals surface area contributed by atoms with E-state index >= 15 is 0 Å². The zero-order valence-electron chi connectivity index (χ0n) is 7.89. The molecule has 0 fully saturated rings. The zero-order chi connectivity index (χ0) is 11.3. The van der Waals surface area contributed by atoms with Crippen molar-refractivity contribution < 1.29 is 19.4 Å². The highest BCUT2D eigenvalue weighted by atomic mass is 32.1. The fourth-order valence-corrected chi connectivity index (χ4v) is 1.34. The van der Waals surface area contributed by atoms with Crippen LogP contribution in [0.15, 0.2) is 0 Å². The Bertz CT molecular complexity index is 365. The van der Waals surface area contributed by atoms with Gasteiger partial charge in [0, 0.05) is 11.5 Å². The molecule has 1 heterocycles. The quantitative estimate of drug-likeness (QED) is 0.792. The third-order valence-electron chi connectivity index (χ3n) is 1.26. The Morgan fingerprint density at radius 1 is 1.60 bits per heavy atom. The Labute approximate surface area is 89.3 Å². The minimum atomic E-state index is -1.02. The molecule has 0 saturated heterocycles. The molecule has 0 aliphatic rings. The highest BCUT2D eigenvalue weighted by Crippen LogP contribution is 2.11. The number of rotatable bonds is 4. The predicted molar refractivity (Wildman–Crippen MR) is 51.9 cm³/mol. The first-order valence-electron chi connectivity index (χ1n) is 4.10. The Morgan fingerprint density at radius 3 is 2.93 bits per heavy atom. The van der Waals surface area contributed by atoms with Crippen LogP contribution in [0.25, 0.3) is 0 Å². The number of carbonyl (C=O) groups is 2. The number of aromatic nitrogens is 2. The molecule has 0 aliphatic carbocycles. The lowest BCUT2D eigenvalue weighted by Crippen LogP contribution is -2.13. The van der Waals surface area contributed by atoms with E-state index < -0.39 is 12.1 Å². The van der Waals surface area contributed by atoms with Crippen LogP contribution in [-0.2, 0) is 16.0 Å². The number of nitrogens with one attached hydrogen (secondary N) is 1. The monoisotopic (exact) mass is 231 g/mol. The molecule has 0 unspecified atom stereocenters. The number of nitrogens with zero attached hydrogens (tertiary/aromatic N) is 2. The molecule has 0 aromatic carbocycles. The van der Waals surface area contributed by atoms with Crippen LogP contribution in [0.5, 0.6) is 0 Å². The van der Waals surface area contributed by atoms with E-state index in [1.54, 1.807) is 6.92 Å². The molecule has 82 valence electrons. The summed E-state index contributed by atoms with van der Waals surface area (Å²) in [6.45, 7) is 1.93. The molecule has 1 aromatic heterocycles. The van der Waals surface area contributed by atoms with Gasteiger partial charge in [0.25, 0.3) is 0 Å². The molecule has 0 bridgehead atoms. The molecule has 0 spiro atoms. The van der Waals surface area contributed by atoms with Crippen molar-refractivity contribution in [3.63, 3.8) is 0 Å². The number of carbonyl (C=O) groups excluding carboxylic acids is 1. The van der Waals surface area contributed by atoms with Crippen LogP contribution in [0, 0.1) is 0 Å². The van der Waals surface area contributed by atoms with Gasteiger partial charge in [-0.15, -0.1) is 0 Å². The van der Waals surface area contributed by atoms with Crippen molar-refractivity contribution in [3.05, 3.63) is 5.82 Å². The van der Waals surface area contributed by atoms with Crippen molar-refractivity contribution in [1.29, 1.82) is 0 Å². The van der Waals surface area contributed by atoms with Crippen LogP contribution in [0.1, 0.15) is 12.7 Å². The summed E-state index contributed by atoms with van der Waals surface area (Å²) < 4.78 is 8.36. The number of ether oxygens (including phenoxy) is 1. The Balaban J connectivity index is 2.52. The van der Waals surface area contributed by atoms with Crippen LogP contribution in [0.2, 0.25) is 0 Å². The van der Waals surface area contributed by atoms with Crippen molar-refractivity contribution in [3.8, 4) is 0 Å². The van der Waals surface area contributed by atoms with Crippen molar-refractivity contribution in [2.24, 2.45) is 0 Å². The summed E-state index contributed by atoms with van der Waals surface area (Å²) in [5.41, 5.74) is 0. The standard InChI is InChI=1S/C7H9N3O4S/c1-2-14-7(13)9-6-8-4(10-15-6)3-5(11)12/h2-3H2,1H3,(H,11,12)(H,8,9,10,13). The maximum atomic E-state index is 10.9. The first-order chi connectivity index (χ1) is 7.11. The van der Waals surface area contributed by atoms with Gasteiger partial charge >= 0.3 is 12.1 Å². The molecule has 0 saturated carbocycles. The highest BCUT2D eigenvalue weighted by molar-refractivity contribution is 7.09. The summed E-state index contributed by atoms with van der Waals surface area (Å²) in [5, 5.41) is 11.0. The van der Waals surface area contributed by atoms with Crippen LogP contribution in [-0.4, -0.2) is 33.1 Å². The smallest absolute Gasteiger partial charge is 0.413 e. The molecule has 2 N–H and O–H groups in total. The summed E-state index contributed by atoms with van der Waals surface area (Å²) >= 11 is 0.909. The molecule has 1 aromatic rings. The highest BCUT2D eigenvalue weighted by Gasteiger charge is 2.10. The first-order valence-corrected chi connectivity index (χ1v) is 4.87. The van der Waals surface area contributed by atoms with Crippen molar-refractivity contribution in [2.45, 2.75) is 13.3 Å². The van der Waals surface area contributed by atoms with E-state index in [9.17, 15) is 9.59 Å². The lowest BCUT2D eigenvalue weighted by atomic mass is 10.4. The fourth-order valence-electron chi connectivity index (χ4n) is 0.766. The Kier molecular flexibility index (Phi) is 3.98. The maximum Gasteiger partial charge on any atom is 0.413 e. The van der Waals surface area contributed by atoms with E-state index in [1.807, 2.05) is 0 Å². The third-order valence-corrected chi connectivity index (χ3v) is 1.93. The fraction of sp³-hybridized carbons (Fsp3) is 0.429. The van der Waals surface area contributed by atoms with E-state index in [0.29, 0.717) is 0 Å². The topological polar surface area (TPSA) is 101 Å². The van der Waals surface area contributed by atoms with Crippen LogP contribution >= 0.6 is 11.5 Å². The Morgan fingerprint density at radius 2 is 2.33 bits per heavy atom. The van der Waals surface area contributed by atoms with Crippen LogP contribution < -0.4 is 5.32 Å². The SMILES string of the molecule is CCOC(=O)Nc1nc(CC(=O)O)ns1. The minimum absolute atomic E-state index is 0.166. The number of carboxylic acids is 1. The summed E-state index contributed by atoms with van der Waals surface area (Å²) in [6, 6.07) is 0. The maximum absolute atomic E-state index is 10.9. The number of aliphatic carboxylic acids is 1. The van der Waals surface area contributed by atoms with Gasteiger partial charge in [0.15, 0.2) is 5.82 Å². The lowest BCUT2D eigenvalue weighted by molar-refractivity contribution is -0.136. The molecule has 8 heteroatoms. The molecule has 0 radical (unpaired) electrons. The van der Waals surface area contributed by atoms with Crippen LogP contribution in [0.4, 0.5) is 9.93 Å². The molecule has 15 heavy (non-hydrogen) atoms. The van der Waals surface area contributed by atoms with Gasteiger partial charge in [-0.2, -0.15) is 4.37 Å². The number of hydrogen-bond donors (Lipinski definition) is 2. The Hall–Kier alpha value is -1.70. The number of hydrogen-bond acceptors (Lipinski definition) is 6. The second-order valence-electron chi connectivity index (χ2n) is 2.43. The molecule has 0 atom stereocenters. The third kappa shape index (κ3) is 3.90. The van der Waals surface area contributed by atoms with Gasteiger partial charge in [-0.3, -0.25) is 10.1 Å². The first kappa shape index (κ1) is 11.4. The van der Waals surface area contributed by atoms with Crippen LogP contribution in [0.3, 0.4) is 0 Å². The summed E-state index contributed by atoms with van der Waals surface area (Å²) in [5.74, 6) is -0.852. The largest absolute Gasteiger partial charge is 0.481 e. The second-order valence-corrected chi connectivity index (χ2v) is 3.18. The lowest BCUT2D eigenvalue weighted by Gasteiger charge is -1.99. The van der Waals surface area contributed by atoms with E-state index in [0.717, 1.165) is 11.5 Å². The van der Waals surface area contributed by atoms with Gasteiger partial charge in [0.2, 0.25) is 5.13 Å². The summed E-state index contributed by atoms with van der Waals surface area (Å²) in [4.78, 5) is 25.0. The van der Waals surface area contributed by atoms with E-state index in [2.05, 4.69) is 19.4 Å². The minimum Gasteiger partial charge on any atom is -0.481 e.